The first-order valence-corrected chi connectivity index (χ1v) is 27.9. The number of benzene rings is 4. The minimum atomic E-state index is -5.01. The third kappa shape index (κ3) is 13.4. The molecule has 0 fully saturated rings. The number of ether oxygens (including phenoxy) is 4. The molecule has 0 spiro atoms. The minimum absolute atomic E-state index is 0.171. The van der Waals surface area contributed by atoms with Crippen LogP contribution >= 0.6 is 30.4 Å². The molecule has 0 unspecified atom stereocenters. The van der Waals surface area contributed by atoms with Crippen molar-refractivity contribution in [2.75, 3.05) is 26.4 Å². The van der Waals surface area contributed by atoms with Crippen molar-refractivity contribution in [2.45, 2.75) is 105 Å². The van der Waals surface area contributed by atoms with Gasteiger partial charge in [0, 0.05) is 25.7 Å². The first kappa shape index (κ1) is 51.7. The third-order valence-corrected chi connectivity index (χ3v) is 14.5. The summed E-state index contributed by atoms with van der Waals surface area (Å²) in [6.07, 6.45) is 4.33. The van der Waals surface area contributed by atoms with Crippen molar-refractivity contribution < 1.29 is 76.4 Å². The molecular weight excluding hydrogens is 908 g/mol. The molecule has 0 saturated heterocycles. The number of fused-ring (bicyclic) bond motifs is 8. The van der Waals surface area contributed by atoms with Crippen molar-refractivity contribution in [3.8, 4) is 23.0 Å². The van der Waals surface area contributed by atoms with E-state index in [-0.39, 0.29) is 120 Å². The lowest BCUT2D eigenvalue weighted by Gasteiger charge is -2.25. The zero-order chi connectivity index (χ0) is 47.0. The van der Waals surface area contributed by atoms with Gasteiger partial charge in [0.2, 0.25) is 0 Å². The van der Waals surface area contributed by atoms with Crippen molar-refractivity contribution in [3.05, 3.63) is 93.0 Å². The molecule has 20 heteroatoms. The zero-order valence-corrected chi connectivity index (χ0v) is 40.1. The molecule has 1 aliphatic carbocycles. The topological polar surface area (TPSA) is 267 Å². The predicted octanol–water partition coefficient (Wildman–Crippen LogP) is 6.29. The molecule has 4 aromatic carbocycles. The average Bonchev–Trinajstić information content (AvgIpc) is 3.19. The molecule has 352 valence electrons. The zero-order valence-electron chi connectivity index (χ0n) is 36.6. The van der Waals surface area contributed by atoms with Crippen molar-refractivity contribution in [1.82, 2.24) is 0 Å². The second kappa shape index (κ2) is 22.0. The predicted molar refractivity (Wildman–Crippen MR) is 245 cm³/mol. The standard InChI is InChI=1S/C44H60O16P4/c1-5-9-13-57-41-29-17-31-23-38(62(48,49)50)25-33(42(31)58-14-10-6-2)19-35-27-40(64(54,55)56)28-36(44(35)60-16-12-8-4)20-34-26-39(63(51,52)53)24-32(43(34)59-15-11-7-3)18-30(41)22-37(21-29)61(45,46)47/h21-28H,5-20H2,1-4H3,(H2,45,46,47)(H2,48,49,50)(H2,51,52,53)(H2,54,55,56). The summed E-state index contributed by atoms with van der Waals surface area (Å²) in [7, 11) is -20.1. The highest BCUT2D eigenvalue weighted by Crippen LogP contribution is 2.45. The minimum Gasteiger partial charge on any atom is -0.493 e. The van der Waals surface area contributed by atoms with Crippen LogP contribution in [-0.2, 0) is 43.9 Å². The maximum atomic E-state index is 13.2. The molecule has 8 N–H and O–H groups in total. The average molecular weight is 969 g/mol. The van der Waals surface area contributed by atoms with E-state index >= 15 is 0 Å². The first-order chi connectivity index (χ1) is 30.1. The molecule has 0 saturated carbocycles. The van der Waals surface area contributed by atoms with E-state index in [1.807, 2.05) is 27.7 Å². The first-order valence-electron chi connectivity index (χ1n) is 21.5. The highest BCUT2D eigenvalue weighted by molar-refractivity contribution is 7.61. The van der Waals surface area contributed by atoms with E-state index < -0.39 is 51.6 Å². The summed E-state index contributed by atoms with van der Waals surface area (Å²) in [4.78, 5) is 85.4. The molecule has 5 rings (SSSR count). The van der Waals surface area contributed by atoms with Crippen LogP contribution in [0.4, 0.5) is 0 Å². The molecular formula is C44H60O16P4. The highest BCUT2D eigenvalue weighted by Gasteiger charge is 2.31. The Morgan fingerprint density at radius 3 is 0.625 bits per heavy atom. The van der Waals surface area contributed by atoms with E-state index in [1.54, 1.807) is 0 Å². The molecule has 0 amide bonds. The van der Waals surface area contributed by atoms with Crippen LogP contribution in [0.1, 0.15) is 124 Å². The van der Waals surface area contributed by atoms with Gasteiger partial charge in [-0.15, -0.1) is 0 Å². The van der Waals surface area contributed by atoms with Gasteiger partial charge in [-0.05, 0) is 119 Å². The van der Waals surface area contributed by atoms with Crippen molar-refractivity contribution in [1.29, 1.82) is 0 Å². The lowest BCUT2D eigenvalue weighted by atomic mass is 9.91. The summed E-state index contributed by atoms with van der Waals surface area (Å²) in [6, 6.07) is 10.2. The molecule has 0 atom stereocenters. The number of hydrogen-bond donors (Lipinski definition) is 8. The van der Waals surface area contributed by atoms with Crippen LogP contribution in [-0.4, -0.2) is 65.6 Å². The third-order valence-electron chi connectivity index (χ3n) is 10.8. The largest absolute Gasteiger partial charge is 0.493 e. The van der Waals surface area contributed by atoms with Crippen LogP contribution in [0.25, 0.3) is 0 Å². The van der Waals surface area contributed by atoms with Gasteiger partial charge in [0.1, 0.15) is 23.0 Å². The molecule has 1 aliphatic rings. The fourth-order valence-electron chi connectivity index (χ4n) is 7.50. The van der Waals surface area contributed by atoms with Gasteiger partial charge >= 0.3 is 30.4 Å². The van der Waals surface area contributed by atoms with Gasteiger partial charge in [-0.25, -0.2) is 0 Å². The van der Waals surface area contributed by atoms with Crippen LogP contribution < -0.4 is 40.2 Å². The number of hydrogen-bond acceptors (Lipinski definition) is 8. The molecule has 0 radical (unpaired) electrons. The number of unbranched alkanes of at least 4 members (excludes halogenated alkanes) is 4. The molecule has 0 heterocycles. The van der Waals surface area contributed by atoms with Crippen LogP contribution in [0.3, 0.4) is 0 Å². The smallest absolute Gasteiger partial charge is 0.356 e. The monoisotopic (exact) mass is 968 g/mol. The van der Waals surface area contributed by atoms with Gasteiger partial charge in [0.25, 0.3) is 0 Å². The van der Waals surface area contributed by atoms with Gasteiger partial charge < -0.3 is 58.1 Å². The Balaban J connectivity index is 2.02. The highest BCUT2D eigenvalue weighted by atomic mass is 31.2. The van der Waals surface area contributed by atoms with E-state index in [9.17, 15) is 57.4 Å². The van der Waals surface area contributed by atoms with Gasteiger partial charge in [-0.3, -0.25) is 18.3 Å². The molecule has 64 heavy (non-hydrogen) atoms. The lowest BCUT2D eigenvalue weighted by Crippen LogP contribution is -2.18. The molecule has 0 aromatic heterocycles. The van der Waals surface area contributed by atoms with E-state index in [0.29, 0.717) is 25.7 Å². The van der Waals surface area contributed by atoms with E-state index in [4.69, 9.17) is 18.9 Å². The van der Waals surface area contributed by atoms with Crippen molar-refractivity contribution in [2.24, 2.45) is 0 Å². The van der Waals surface area contributed by atoms with Crippen molar-refractivity contribution >= 4 is 51.6 Å². The summed E-state index contributed by atoms with van der Waals surface area (Å²) < 4.78 is 78.4. The fraction of sp³-hybridized carbons (Fsp3) is 0.455. The van der Waals surface area contributed by atoms with Gasteiger partial charge in [0.05, 0.1) is 47.6 Å². The molecule has 16 nitrogen and oxygen atoms in total. The summed E-state index contributed by atoms with van der Waals surface area (Å²) in [5, 5.41) is -1.57. The summed E-state index contributed by atoms with van der Waals surface area (Å²) in [5.41, 5.74) is 1.80. The van der Waals surface area contributed by atoms with Gasteiger partial charge in [0.15, 0.2) is 0 Å². The second-order valence-corrected chi connectivity index (χ2v) is 22.5. The Hall–Kier alpha value is -3.32. The Labute approximate surface area is 374 Å². The molecule has 4 aromatic rings. The van der Waals surface area contributed by atoms with E-state index in [2.05, 4.69) is 0 Å². The SMILES string of the molecule is CCCCOc1c2cc(P(=O)(O)O)cc1Cc1cc(P(=O)(O)O)cc(c1OCCCC)Cc1cc(P(=O)(O)O)cc(c1OCCCC)Cc1cc(P(=O)(O)O)cc(c1OCCCC)C2. The van der Waals surface area contributed by atoms with Crippen LogP contribution in [0.2, 0.25) is 0 Å². The van der Waals surface area contributed by atoms with E-state index in [1.165, 1.54) is 48.5 Å². The van der Waals surface area contributed by atoms with E-state index in [0.717, 1.165) is 25.7 Å². The normalized spacial score (nSPS) is 13.4. The van der Waals surface area contributed by atoms with Gasteiger partial charge in [-0.2, -0.15) is 0 Å². The van der Waals surface area contributed by atoms with Gasteiger partial charge in [-0.1, -0.05) is 53.4 Å². The van der Waals surface area contributed by atoms with Crippen LogP contribution in [0.15, 0.2) is 48.5 Å². The Bertz CT molecular complexity index is 2050. The summed E-state index contributed by atoms with van der Waals surface area (Å²) in [5.74, 6) is 0.801. The quantitative estimate of drug-likeness (QED) is 0.0315. The number of rotatable bonds is 20. The molecule has 0 aliphatic heterocycles. The van der Waals surface area contributed by atoms with Crippen molar-refractivity contribution in [3.63, 3.8) is 0 Å². The second-order valence-electron chi connectivity index (χ2n) is 16.1. The Morgan fingerprint density at radius 2 is 0.500 bits per heavy atom. The van der Waals surface area contributed by atoms with Crippen LogP contribution in [0, 0.1) is 0 Å². The molecule has 8 bridgehead atoms. The summed E-state index contributed by atoms with van der Waals surface area (Å²) in [6.45, 7) is 8.50. The lowest BCUT2D eigenvalue weighted by molar-refractivity contribution is 0.297. The maximum Gasteiger partial charge on any atom is 0.356 e. The Kier molecular flexibility index (Phi) is 17.7. The fourth-order valence-corrected chi connectivity index (χ4v) is 10.1. The summed E-state index contributed by atoms with van der Waals surface area (Å²) >= 11 is 0. The van der Waals surface area contributed by atoms with Crippen LogP contribution in [0.5, 0.6) is 23.0 Å². The Morgan fingerprint density at radius 1 is 0.344 bits per heavy atom. The maximum absolute atomic E-state index is 13.2.